The van der Waals surface area contributed by atoms with Crippen LogP contribution in [-0.4, -0.2) is 37.2 Å². The van der Waals surface area contributed by atoms with Gasteiger partial charge in [0.1, 0.15) is 13.2 Å². The van der Waals surface area contributed by atoms with E-state index in [1.54, 1.807) is 0 Å². The number of ether oxygens (including phenoxy) is 3. The van der Waals surface area contributed by atoms with E-state index in [4.69, 9.17) is 14.2 Å². The fourth-order valence-electron chi connectivity index (χ4n) is 7.23. The third kappa shape index (κ3) is 61.0. The number of allylic oxidation sites excluding steroid dienone is 32. The minimum absolute atomic E-state index is 0.141. The van der Waals surface area contributed by atoms with Crippen molar-refractivity contribution in [3.63, 3.8) is 0 Å². The molecule has 0 heterocycles. The van der Waals surface area contributed by atoms with E-state index in [1.807, 2.05) is 12.2 Å². The van der Waals surface area contributed by atoms with Gasteiger partial charge in [-0.1, -0.05) is 241 Å². The lowest BCUT2D eigenvalue weighted by Crippen LogP contribution is -2.30. The maximum atomic E-state index is 12.9. The summed E-state index contributed by atoms with van der Waals surface area (Å²) in [5.41, 5.74) is 0. The number of hydrogen-bond donors (Lipinski definition) is 0. The summed E-state index contributed by atoms with van der Waals surface area (Å²) in [6.07, 6.45) is 95.8. The minimum Gasteiger partial charge on any atom is -0.462 e. The molecule has 0 aliphatic carbocycles. The molecular weight excluding hydrogens is 949 g/mol. The Labute approximate surface area is 471 Å². The van der Waals surface area contributed by atoms with Gasteiger partial charge < -0.3 is 14.2 Å². The standard InChI is InChI=1S/C71H106O6/c1-4-7-10-13-16-19-22-25-28-31-34-35-38-40-43-46-49-52-55-58-61-64-70(73)76-67-68(77-71(74)65-62-59-56-53-50-47-44-41-37-33-30-27-24-21-18-15-12-9-6-3)66-75-69(72)63-60-57-54-51-48-45-42-39-36-32-29-26-23-20-17-14-11-8-5-2/h7-12,16-21,25-30,34-37,39-41,43,47,49-50,52,56,59,68H,4-6,13-15,22-24,31-33,38,42,44-46,48,51,53-55,57-58,60-67H2,1-3H3/b10-7-,11-8-,12-9-,19-16-,20-17-,21-18-,28-25-,29-26-,30-27-,35-34-,39-36-,41-37-,43-40-,50-47-,52-49-,59-56-. The third-order valence-electron chi connectivity index (χ3n) is 11.6. The number of unbranched alkanes of at least 4 members (excludes halogenated alkanes) is 8. The highest BCUT2D eigenvalue weighted by Crippen LogP contribution is 2.12. The van der Waals surface area contributed by atoms with Gasteiger partial charge in [-0.3, -0.25) is 14.4 Å². The van der Waals surface area contributed by atoms with Crippen LogP contribution >= 0.6 is 0 Å². The van der Waals surface area contributed by atoms with Gasteiger partial charge in [-0.15, -0.1) is 0 Å². The van der Waals surface area contributed by atoms with Crippen LogP contribution in [0.5, 0.6) is 0 Å². The Morgan fingerprint density at radius 3 is 0.805 bits per heavy atom. The molecule has 0 bridgehead atoms. The van der Waals surface area contributed by atoms with Gasteiger partial charge >= 0.3 is 17.9 Å². The van der Waals surface area contributed by atoms with E-state index in [0.717, 1.165) is 148 Å². The summed E-state index contributed by atoms with van der Waals surface area (Å²) in [6.45, 7) is 6.16. The quantitative estimate of drug-likeness (QED) is 0.0261. The van der Waals surface area contributed by atoms with Crippen molar-refractivity contribution in [3.8, 4) is 0 Å². The van der Waals surface area contributed by atoms with Crippen LogP contribution in [0.2, 0.25) is 0 Å². The molecule has 6 nitrogen and oxygen atoms in total. The zero-order valence-corrected chi connectivity index (χ0v) is 48.6. The van der Waals surface area contributed by atoms with Crippen molar-refractivity contribution in [1.29, 1.82) is 0 Å². The summed E-state index contributed by atoms with van der Waals surface area (Å²) in [5.74, 6) is -1.10. The molecule has 0 radical (unpaired) electrons. The Bertz CT molecular complexity index is 1880. The van der Waals surface area contributed by atoms with Crippen molar-refractivity contribution >= 4 is 17.9 Å². The molecule has 0 N–H and O–H groups in total. The van der Waals surface area contributed by atoms with E-state index in [0.29, 0.717) is 19.3 Å². The van der Waals surface area contributed by atoms with Crippen LogP contribution in [0.25, 0.3) is 0 Å². The molecule has 426 valence electrons. The lowest BCUT2D eigenvalue weighted by Gasteiger charge is -2.18. The Morgan fingerprint density at radius 1 is 0.260 bits per heavy atom. The van der Waals surface area contributed by atoms with Gasteiger partial charge in [0.15, 0.2) is 6.10 Å². The van der Waals surface area contributed by atoms with Crippen molar-refractivity contribution in [2.75, 3.05) is 13.2 Å². The molecule has 0 aliphatic heterocycles. The summed E-state index contributed by atoms with van der Waals surface area (Å²) in [4.78, 5) is 38.2. The zero-order valence-electron chi connectivity index (χ0n) is 48.6. The van der Waals surface area contributed by atoms with E-state index in [2.05, 4.69) is 203 Å². The fraction of sp³-hybridized carbons (Fsp3) is 0.507. The molecule has 0 spiro atoms. The molecule has 0 saturated carbocycles. The van der Waals surface area contributed by atoms with Crippen molar-refractivity contribution in [2.24, 2.45) is 0 Å². The molecule has 0 fully saturated rings. The molecule has 1 atom stereocenters. The minimum atomic E-state index is -0.857. The van der Waals surface area contributed by atoms with Crippen LogP contribution in [0.3, 0.4) is 0 Å². The predicted octanol–water partition coefficient (Wildman–Crippen LogP) is 20.6. The number of hydrogen-bond acceptors (Lipinski definition) is 6. The van der Waals surface area contributed by atoms with Crippen LogP contribution in [0.15, 0.2) is 194 Å². The highest BCUT2D eigenvalue weighted by molar-refractivity contribution is 5.71. The first-order valence-electron chi connectivity index (χ1n) is 29.9. The largest absolute Gasteiger partial charge is 0.462 e. The second kappa shape index (κ2) is 62.8. The molecule has 77 heavy (non-hydrogen) atoms. The maximum absolute atomic E-state index is 12.9. The summed E-state index contributed by atoms with van der Waals surface area (Å²) in [5, 5.41) is 0. The van der Waals surface area contributed by atoms with Gasteiger partial charge in [0.25, 0.3) is 0 Å². The molecule has 0 saturated heterocycles. The molecule has 6 heteroatoms. The number of carbonyl (C=O) groups excluding carboxylic acids is 3. The molecule has 0 rings (SSSR count). The second-order valence-corrected chi connectivity index (χ2v) is 18.8. The molecule has 0 aromatic rings. The maximum Gasteiger partial charge on any atom is 0.306 e. The first kappa shape index (κ1) is 71.2. The molecule has 0 aromatic carbocycles. The van der Waals surface area contributed by atoms with Crippen LogP contribution < -0.4 is 0 Å². The lowest BCUT2D eigenvalue weighted by molar-refractivity contribution is -0.166. The molecule has 0 aromatic heterocycles. The lowest BCUT2D eigenvalue weighted by atomic mass is 10.1. The smallest absolute Gasteiger partial charge is 0.306 e. The monoisotopic (exact) mass is 1050 g/mol. The van der Waals surface area contributed by atoms with Crippen molar-refractivity contribution < 1.29 is 28.6 Å². The number of esters is 3. The van der Waals surface area contributed by atoms with Crippen LogP contribution in [-0.2, 0) is 28.6 Å². The van der Waals surface area contributed by atoms with Crippen molar-refractivity contribution in [2.45, 2.75) is 219 Å². The van der Waals surface area contributed by atoms with Crippen molar-refractivity contribution in [3.05, 3.63) is 194 Å². The van der Waals surface area contributed by atoms with Gasteiger partial charge in [0.05, 0.1) is 0 Å². The Balaban J connectivity index is 4.65. The average molecular weight is 1060 g/mol. The number of carbonyl (C=O) groups is 3. The average Bonchev–Trinajstić information content (AvgIpc) is 3.43. The van der Waals surface area contributed by atoms with E-state index in [9.17, 15) is 14.4 Å². The first-order chi connectivity index (χ1) is 38.0. The van der Waals surface area contributed by atoms with E-state index >= 15 is 0 Å². The highest BCUT2D eigenvalue weighted by atomic mass is 16.6. The zero-order chi connectivity index (χ0) is 55.7. The van der Waals surface area contributed by atoms with Gasteiger partial charge in [0, 0.05) is 19.3 Å². The van der Waals surface area contributed by atoms with E-state index in [-0.39, 0.29) is 38.0 Å². The Hall–Kier alpha value is -5.75. The summed E-state index contributed by atoms with van der Waals surface area (Å²) < 4.78 is 16.8. The topological polar surface area (TPSA) is 78.9 Å². The van der Waals surface area contributed by atoms with Crippen LogP contribution in [0, 0.1) is 0 Å². The van der Waals surface area contributed by atoms with Crippen molar-refractivity contribution in [1.82, 2.24) is 0 Å². The van der Waals surface area contributed by atoms with Gasteiger partial charge in [0.2, 0.25) is 0 Å². The summed E-state index contributed by atoms with van der Waals surface area (Å²) >= 11 is 0. The van der Waals surface area contributed by atoms with E-state index < -0.39 is 12.1 Å². The van der Waals surface area contributed by atoms with Crippen LogP contribution in [0.4, 0.5) is 0 Å². The SMILES string of the molecule is CC/C=C\C/C=C\C/C=C\C/C=C\C/C=C\C/C=C\CCCCC(=O)OCC(COC(=O)CCCCCCCC/C=C\C/C=C\C/C=C\C/C=C\CC)OC(=O)CC/C=C\C/C=C\C/C=C\C/C=C\C/C=C\C/C=C\CC. The summed E-state index contributed by atoms with van der Waals surface area (Å²) in [6, 6.07) is 0. The predicted molar refractivity (Wildman–Crippen MR) is 334 cm³/mol. The Kier molecular flexibility index (Phi) is 58.1. The first-order valence-corrected chi connectivity index (χ1v) is 29.9. The summed E-state index contributed by atoms with van der Waals surface area (Å²) in [7, 11) is 0. The van der Waals surface area contributed by atoms with Gasteiger partial charge in [-0.05, 0) is 148 Å². The molecular formula is C71H106O6. The van der Waals surface area contributed by atoms with E-state index in [1.165, 1.54) is 12.8 Å². The second-order valence-electron chi connectivity index (χ2n) is 18.8. The molecule has 0 aliphatic rings. The third-order valence-corrected chi connectivity index (χ3v) is 11.6. The Morgan fingerprint density at radius 2 is 0.494 bits per heavy atom. The number of rotatable bonds is 51. The van der Waals surface area contributed by atoms with Gasteiger partial charge in [-0.25, -0.2) is 0 Å². The molecule has 1 unspecified atom stereocenters. The van der Waals surface area contributed by atoms with Crippen LogP contribution in [0.1, 0.15) is 213 Å². The highest BCUT2D eigenvalue weighted by Gasteiger charge is 2.19. The fourth-order valence-corrected chi connectivity index (χ4v) is 7.23. The normalized spacial score (nSPS) is 13.5. The van der Waals surface area contributed by atoms with Gasteiger partial charge in [-0.2, -0.15) is 0 Å². The molecule has 0 amide bonds.